The summed E-state index contributed by atoms with van der Waals surface area (Å²) in [6.07, 6.45) is 32.0. The van der Waals surface area contributed by atoms with Crippen molar-refractivity contribution in [2.45, 2.75) is 167 Å². The molecule has 0 heterocycles. The number of aliphatic hydroxyl groups excluding tert-OH is 1. The number of esters is 2. The Kier molecular flexibility index (Phi) is 30.6. The Morgan fingerprint density at radius 2 is 1.22 bits per heavy atom. The van der Waals surface area contributed by atoms with Gasteiger partial charge in [-0.2, -0.15) is 0 Å². The van der Waals surface area contributed by atoms with E-state index in [-0.39, 0.29) is 19.4 Å². The van der Waals surface area contributed by atoms with Crippen LogP contribution in [0, 0.1) is 0 Å². The molecule has 3 N–H and O–H groups in total. The third-order valence-corrected chi connectivity index (χ3v) is 7.99. The molecule has 0 aromatic rings. The van der Waals surface area contributed by atoms with E-state index in [1.54, 1.807) is 6.08 Å². The van der Waals surface area contributed by atoms with Gasteiger partial charge in [0, 0.05) is 12.8 Å². The molecular formula is C36H65O9P. The monoisotopic (exact) mass is 672 g/mol. The minimum absolute atomic E-state index is 0.166. The van der Waals surface area contributed by atoms with E-state index in [2.05, 4.69) is 24.4 Å². The smallest absolute Gasteiger partial charge is 0.462 e. The highest BCUT2D eigenvalue weighted by Crippen LogP contribution is 2.36. The zero-order chi connectivity index (χ0) is 34.1. The quantitative estimate of drug-likeness (QED) is 0.0210. The van der Waals surface area contributed by atoms with Gasteiger partial charge in [0.05, 0.1) is 12.7 Å². The average molecular weight is 673 g/mol. The van der Waals surface area contributed by atoms with E-state index in [1.807, 2.05) is 24.3 Å². The fraction of sp³-hybridized carbons (Fsp3) is 0.778. The van der Waals surface area contributed by atoms with Crippen molar-refractivity contribution in [1.29, 1.82) is 0 Å². The molecule has 0 spiro atoms. The Bertz CT molecular complexity index is 866. The van der Waals surface area contributed by atoms with Crippen LogP contribution in [-0.4, -0.2) is 52.3 Å². The van der Waals surface area contributed by atoms with Crippen LogP contribution in [0.15, 0.2) is 36.5 Å². The van der Waals surface area contributed by atoms with E-state index >= 15 is 0 Å². The van der Waals surface area contributed by atoms with Gasteiger partial charge in [0.25, 0.3) is 0 Å². The van der Waals surface area contributed by atoms with Crippen LogP contribution in [-0.2, 0) is 28.2 Å². The van der Waals surface area contributed by atoms with Crippen LogP contribution in [0.5, 0.6) is 0 Å². The summed E-state index contributed by atoms with van der Waals surface area (Å²) in [6.45, 7) is 3.43. The summed E-state index contributed by atoms with van der Waals surface area (Å²) in [4.78, 5) is 42.6. The summed E-state index contributed by atoms with van der Waals surface area (Å²) in [5, 5.41) is 9.82. The number of hydrogen-bond acceptors (Lipinski definition) is 7. The van der Waals surface area contributed by atoms with Crippen LogP contribution in [0.4, 0.5) is 0 Å². The predicted octanol–water partition coefficient (Wildman–Crippen LogP) is 9.20. The van der Waals surface area contributed by atoms with Crippen LogP contribution in [0.1, 0.15) is 155 Å². The maximum atomic E-state index is 12.3. The standard InChI is InChI=1S/C36H65O9P/c1-3-5-7-8-9-10-11-12-15-18-21-25-29-35(38)43-31-34(32-44-46(40,41)42)45-36(39)30-26-22-19-16-13-14-17-20-24-28-33(37)27-23-6-4-2/h6,17,20,23-24,28,33-34,37H,3-5,7-16,18-19,21-22,25-27,29-32H2,1-2H3,(H2,40,41,42)/b20-17+,23-6+,28-24+/t33?,34-/m1/s1. The normalized spacial score (nSPS) is 13.6. The van der Waals surface area contributed by atoms with Gasteiger partial charge in [0.15, 0.2) is 6.10 Å². The molecule has 0 rings (SSSR count). The number of carbonyl (C=O) groups is 2. The number of phosphoric ester groups is 1. The topological polar surface area (TPSA) is 140 Å². The number of hydrogen-bond donors (Lipinski definition) is 3. The molecule has 2 atom stereocenters. The van der Waals surface area contributed by atoms with Crippen LogP contribution < -0.4 is 0 Å². The largest absolute Gasteiger partial charge is 0.469 e. The highest BCUT2D eigenvalue weighted by atomic mass is 31.2. The van der Waals surface area contributed by atoms with Crippen molar-refractivity contribution in [1.82, 2.24) is 0 Å². The molecule has 0 saturated carbocycles. The fourth-order valence-electron chi connectivity index (χ4n) is 4.82. The summed E-state index contributed by atoms with van der Waals surface area (Å²) in [5.41, 5.74) is 0. The molecule has 1 unspecified atom stereocenters. The lowest BCUT2D eigenvalue weighted by molar-refractivity contribution is -0.161. The number of phosphoric acid groups is 1. The molecule has 0 aliphatic rings. The van der Waals surface area contributed by atoms with Gasteiger partial charge < -0.3 is 24.4 Å². The van der Waals surface area contributed by atoms with Gasteiger partial charge in [-0.1, -0.05) is 140 Å². The summed E-state index contributed by atoms with van der Waals surface area (Å²) < 4.78 is 26.2. The number of ether oxygens (including phenoxy) is 2. The van der Waals surface area contributed by atoms with Crippen molar-refractivity contribution in [3.05, 3.63) is 36.5 Å². The third kappa shape index (κ3) is 33.6. The first-order chi connectivity index (χ1) is 22.2. The Morgan fingerprint density at radius 3 is 1.78 bits per heavy atom. The predicted molar refractivity (Wildman–Crippen MR) is 185 cm³/mol. The van der Waals surface area contributed by atoms with E-state index < -0.39 is 38.6 Å². The molecule has 0 aromatic carbocycles. The highest BCUT2D eigenvalue weighted by molar-refractivity contribution is 7.46. The number of unbranched alkanes of at least 4 members (excludes halogenated alkanes) is 16. The van der Waals surface area contributed by atoms with Crippen molar-refractivity contribution < 1.29 is 43.0 Å². The Balaban J connectivity index is 4.07. The van der Waals surface area contributed by atoms with Crippen LogP contribution in [0.25, 0.3) is 0 Å². The van der Waals surface area contributed by atoms with Crippen molar-refractivity contribution >= 4 is 19.8 Å². The van der Waals surface area contributed by atoms with Gasteiger partial charge in [0.2, 0.25) is 0 Å². The van der Waals surface area contributed by atoms with Crippen molar-refractivity contribution in [3.8, 4) is 0 Å². The summed E-state index contributed by atoms with van der Waals surface area (Å²) in [6, 6.07) is 0. The van der Waals surface area contributed by atoms with E-state index in [9.17, 15) is 19.3 Å². The first-order valence-corrected chi connectivity index (χ1v) is 19.4. The van der Waals surface area contributed by atoms with Gasteiger partial charge in [0.1, 0.15) is 6.61 Å². The van der Waals surface area contributed by atoms with Crippen molar-refractivity contribution in [3.63, 3.8) is 0 Å². The zero-order valence-electron chi connectivity index (χ0n) is 28.8. The van der Waals surface area contributed by atoms with E-state index in [0.717, 1.165) is 51.4 Å². The van der Waals surface area contributed by atoms with E-state index in [0.29, 0.717) is 19.3 Å². The maximum absolute atomic E-state index is 12.3. The number of aliphatic hydroxyl groups is 1. The van der Waals surface area contributed by atoms with Gasteiger partial charge >= 0.3 is 19.8 Å². The third-order valence-electron chi connectivity index (χ3n) is 7.50. The molecule has 0 amide bonds. The maximum Gasteiger partial charge on any atom is 0.469 e. The van der Waals surface area contributed by atoms with Gasteiger partial charge in [-0.15, -0.1) is 0 Å². The Labute approximate surface area is 279 Å². The second-order valence-corrected chi connectivity index (χ2v) is 13.3. The van der Waals surface area contributed by atoms with Crippen molar-refractivity contribution in [2.75, 3.05) is 13.2 Å². The molecule has 0 fully saturated rings. The van der Waals surface area contributed by atoms with Crippen LogP contribution >= 0.6 is 7.82 Å². The molecule has 0 aromatic heterocycles. The molecular weight excluding hydrogens is 607 g/mol. The highest BCUT2D eigenvalue weighted by Gasteiger charge is 2.22. The molecule has 10 heteroatoms. The van der Waals surface area contributed by atoms with Gasteiger partial charge in [-0.25, -0.2) is 4.57 Å². The lowest BCUT2D eigenvalue weighted by Crippen LogP contribution is -2.29. The number of rotatable bonds is 32. The minimum atomic E-state index is -4.76. The molecule has 9 nitrogen and oxygen atoms in total. The first kappa shape index (κ1) is 44.2. The summed E-state index contributed by atoms with van der Waals surface area (Å²) >= 11 is 0. The molecule has 0 radical (unpaired) electrons. The van der Waals surface area contributed by atoms with E-state index in [1.165, 1.54) is 57.8 Å². The zero-order valence-corrected chi connectivity index (χ0v) is 29.7. The Hall–Kier alpha value is -1.77. The SMILES string of the molecule is CC/C=C/CC(O)/C=C/C=C/CCCCCCCC(=O)O[C@H](COC(=O)CCCCCCCCCCCCCC)COP(=O)(O)O. The van der Waals surface area contributed by atoms with Gasteiger partial charge in [-0.3, -0.25) is 14.1 Å². The molecule has 0 aliphatic carbocycles. The Morgan fingerprint density at radius 1 is 0.674 bits per heavy atom. The minimum Gasteiger partial charge on any atom is -0.462 e. The second-order valence-electron chi connectivity index (χ2n) is 12.0. The summed E-state index contributed by atoms with van der Waals surface area (Å²) in [7, 11) is -4.76. The summed E-state index contributed by atoms with van der Waals surface area (Å²) in [5.74, 6) is -0.939. The average Bonchev–Trinajstić information content (AvgIpc) is 3.01. The molecule has 268 valence electrons. The van der Waals surface area contributed by atoms with E-state index in [4.69, 9.17) is 19.3 Å². The van der Waals surface area contributed by atoms with Crippen LogP contribution in [0.2, 0.25) is 0 Å². The van der Waals surface area contributed by atoms with Crippen LogP contribution in [0.3, 0.4) is 0 Å². The lowest BCUT2D eigenvalue weighted by atomic mass is 10.0. The number of allylic oxidation sites excluding steroid dienone is 4. The molecule has 0 bridgehead atoms. The molecule has 0 saturated heterocycles. The van der Waals surface area contributed by atoms with Crippen molar-refractivity contribution in [2.24, 2.45) is 0 Å². The molecule has 0 aliphatic heterocycles. The lowest BCUT2D eigenvalue weighted by Gasteiger charge is -2.18. The fourth-order valence-corrected chi connectivity index (χ4v) is 5.18. The number of carbonyl (C=O) groups excluding carboxylic acids is 2. The van der Waals surface area contributed by atoms with Gasteiger partial charge in [-0.05, 0) is 38.5 Å². The second kappa shape index (κ2) is 31.8. The molecule has 46 heavy (non-hydrogen) atoms. The first-order valence-electron chi connectivity index (χ1n) is 17.9.